The quantitative estimate of drug-likeness (QED) is 0.838. The van der Waals surface area contributed by atoms with Gasteiger partial charge in [-0.2, -0.15) is 0 Å². The molecule has 0 spiro atoms. The number of hydrogen-bond donors (Lipinski definition) is 1. The first kappa shape index (κ1) is 17.9. The number of halogens is 1. The van der Waals surface area contributed by atoms with Gasteiger partial charge in [-0.25, -0.2) is 4.39 Å². The van der Waals surface area contributed by atoms with Crippen molar-refractivity contribution in [3.8, 4) is 5.75 Å². The Labute approximate surface area is 147 Å². The van der Waals surface area contributed by atoms with Crippen molar-refractivity contribution in [3.63, 3.8) is 0 Å². The molecule has 0 radical (unpaired) electrons. The van der Waals surface area contributed by atoms with E-state index in [-0.39, 0.29) is 17.6 Å². The molecular formula is C20H24FNO3. The molecule has 0 saturated carbocycles. The zero-order valence-electron chi connectivity index (χ0n) is 14.2. The number of aliphatic hydroxyl groups excluding tert-OH is 1. The molecule has 1 heterocycles. The van der Waals surface area contributed by atoms with Crippen molar-refractivity contribution in [2.75, 3.05) is 32.9 Å². The molecule has 1 aliphatic heterocycles. The van der Waals surface area contributed by atoms with Gasteiger partial charge in [-0.1, -0.05) is 42.5 Å². The van der Waals surface area contributed by atoms with Gasteiger partial charge in [-0.15, -0.1) is 0 Å². The average molecular weight is 345 g/mol. The molecule has 1 saturated heterocycles. The van der Waals surface area contributed by atoms with Gasteiger partial charge in [0.2, 0.25) is 0 Å². The second-order valence-corrected chi connectivity index (χ2v) is 6.21. The van der Waals surface area contributed by atoms with Crippen molar-refractivity contribution in [3.05, 3.63) is 66.0 Å². The minimum atomic E-state index is -0.525. The molecule has 1 aliphatic rings. The van der Waals surface area contributed by atoms with Crippen molar-refractivity contribution in [2.45, 2.75) is 18.6 Å². The van der Waals surface area contributed by atoms with Gasteiger partial charge in [-0.3, -0.25) is 4.90 Å². The number of para-hydroxylation sites is 1. The SMILES string of the molecule is OC(CC1COCCN1CCOc1ccccc1F)c1ccccc1. The predicted molar refractivity (Wildman–Crippen MR) is 94.1 cm³/mol. The minimum absolute atomic E-state index is 0.119. The molecule has 0 aliphatic carbocycles. The standard InChI is InChI=1S/C20H24FNO3/c21-18-8-4-5-9-20(18)25-13-11-22-10-12-24-15-17(22)14-19(23)16-6-2-1-3-7-16/h1-9,17,19,23H,10-15H2. The monoisotopic (exact) mass is 345 g/mol. The molecule has 4 nitrogen and oxygen atoms in total. The first-order valence-corrected chi connectivity index (χ1v) is 8.66. The minimum Gasteiger partial charge on any atom is -0.489 e. The van der Waals surface area contributed by atoms with Gasteiger partial charge in [0, 0.05) is 19.1 Å². The third-order valence-electron chi connectivity index (χ3n) is 4.50. The van der Waals surface area contributed by atoms with Crippen molar-refractivity contribution in [1.82, 2.24) is 4.90 Å². The van der Waals surface area contributed by atoms with Gasteiger partial charge in [0.05, 0.1) is 19.3 Å². The molecule has 25 heavy (non-hydrogen) atoms. The Morgan fingerprint density at radius 3 is 2.72 bits per heavy atom. The summed E-state index contributed by atoms with van der Waals surface area (Å²) in [5.41, 5.74) is 0.913. The van der Waals surface area contributed by atoms with Gasteiger partial charge in [-0.05, 0) is 24.1 Å². The lowest BCUT2D eigenvalue weighted by Gasteiger charge is -2.36. The molecule has 2 atom stereocenters. The topological polar surface area (TPSA) is 41.9 Å². The van der Waals surface area contributed by atoms with E-state index in [9.17, 15) is 9.50 Å². The van der Waals surface area contributed by atoms with Crippen LogP contribution in [0.5, 0.6) is 5.75 Å². The highest BCUT2D eigenvalue weighted by atomic mass is 19.1. The number of rotatable bonds is 7. The van der Waals surface area contributed by atoms with Crippen molar-refractivity contribution >= 4 is 0 Å². The third-order valence-corrected chi connectivity index (χ3v) is 4.50. The van der Waals surface area contributed by atoms with E-state index in [4.69, 9.17) is 9.47 Å². The molecule has 1 N–H and O–H groups in total. The molecule has 0 bridgehead atoms. The number of aliphatic hydroxyl groups is 1. The molecule has 2 aromatic carbocycles. The van der Waals surface area contributed by atoms with Crippen molar-refractivity contribution in [1.29, 1.82) is 0 Å². The van der Waals surface area contributed by atoms with Crippen LogP contribution in [-0.4, -0.2) is 49.0 Å². The summed E-state index contributed by atoms with van der Waals surface area (Å²) >= 11 is 0. The van der Waals surface area contributed by atoms with E-state index in [1.54, 1.807) is 18.2 Å². The van der Waals surface area contributed by atoms with Crippen molar-refractivity contribution < 1.29 is 19.0 Å². The van der Waals surface area contributed by atoms with E-state index in [0.717, 1.165) is 12.1 Å². The highest BCUT2D eigenvalue weighted by Gasteiger charge is 2.25. The Balaban J connectivity index is 1.53. The number of morpholine rings is 1. The second kappa shape index (κ2) is 8.94. The molecular weight excluding hydrogens is 321 g/mol. The Bertz CT molecular complexity index is 652. The molecule has 3 rings (SSSR count). The molecule has 0 amide bonds. The Kier molecular flexibility index (Phi) is 6.39. The van der Waals surface area contributed by atoms with Crippen LogP contribution in [0.25, 0.3) is 0 Å². The summed E-state index contributed by atoms with van der Waals surface area (Å²) in [5.74, 6) is -0.0721. The Hall–Kier alpha value is -1.95. The van der Waals surface area contributed by atoms with Crippen LogP contribution in [0, 0.1) is 5.82 Å². The van der Waals surface area contributed by atoms with Crippen LogP contribution in [0.3, 0.4) is 0 Å². The van der Waals surface area contributed by atoms with E-state index in [2.05, 4.69) is 4.90 Å². The van der Waals surface area contributed by atoms with Gasteiger partial charge in [0.15, 0.2) is 11.6 Å². The maximum atomic E-state index is 13.6. The van der Waals surface area contributed by atoms with E-state index in [1.807, 2.05) is 30.3 Å². The van der Waals surface area contributed by atoms with Gasteiger partial charge < -0.3 is 14.6 Å². The smallest absolute Gasteiger partial charge is 0.165 e. The van der Waals surface area contributed by atoms with Gasteiger partial charge >= 0.3 is 0 Å². The molecule has 134 valence electrons. The number of ether oxygens (including phenoxy) is 2. The van der Waals surface area contributed by atoms with Crippen LogP contribution < -0.4 is 4.74 Å². The summed E-state index contributed by atoms with van der Waals surface area (Å²) in [6.45, 7) is 3.11. The fourth-order valence-electron chi connectivity index (χ4n) is 3.10. The van der Waals surface area contributed by atoms with Crippen LogP contribution in [-0.2, 0) is 4.74 Å². The first-order valence-electron chi connectivity index (χ1n) is 8.66. The summed E-state index contributed by atoms with van der Waals surface area (Å²) in [7, 11) is 0. The fourth-order valence-corrected chi connectivity index (χ4v) is 3.10. The lowest BCUT2D eigenvalue weighted by Crippen LogP contribution is -2.47. The Morgan fingerprint density at radius 2 is 1.92 bits per heavy atom. The van der Waals surface area contributed by atoms with Crippen molar-refractivity contribution in [2.24, 2.45) is 0 Å². The maximum Gasteiger partial charge on any atom is 0.165 e. The lowest BCUT2D eigenvalue weighted by molar-refractivity contribution is -0.0301. The fraction of sp³-hybridized carbons (Fsp3) is 0.400. The maximum absolute atomic E-state index is 13.6. The molecule has 1 fully saturated rings. The van der Waals surface area contributed by atoms with Crippen LogP contribution in [0.15, 0.2) is 54.6 Å². The average Bonchev–Trinajstić information content (AvgIpc) is 2.65. The number of hydrogen-bond acceptors (Lipinski definition) is 4. The van der Waals surface area contributed by atoms with Crippen LogP contribution in [0.1, 0.15) is 18.1 Å². The van der Waals surface area contributed by atoms with E-state index in [0.29, 0.717) is 32.8 Å². The summed E-state index contributed by atoms with van der Waals surface area (Å²) in [6, 6.07) is 16.2. The molecule has 0 aromatic heterocycles. The van der Waals surface area contributed by atoms with Crippen LogP contribution in [0.2, 0.25) is 0 Å². The number of nitrogens with zero attached hydrogens (tertiary/aromatic N) is 1. The third kappa shape index (κ3) is 5.01. The summed E-state index contributed by atoms with van der Waals surface area (Å²) in [5, 5.41) is 10.5. The molecule has 2 aromatic rings. The summed E-state index contributed by atoms with van der Waals surface area (Å²) in [6.07, 6.45) is 0.0758. The zero-order valence-corrected chi connectivity index (χ0v) is 14.2. The zero-order chi connectivity index (χ0) is 17.5. The highest BCUT2D eigenvalue weighted by molar-refractivity contribution is 5.23. The molecule has 5 heteroatoms. The van der Waals surface area contributed by atoms with Gasteiger partial charge in [0.1, 0.15) is 6.61 Å². The van der Waals surface area contributed by atoms with Crippen LogP contribution >= 0.6 is 0 Å². The lowest BCUT2D eigenvalue weighted by atomic mass is 10.0. The van der Waals surface area contributed by atoms with Crippen LogP contribution in [0.4, 0.5) is 4.39 Å². The second-order valence-electron chi connectivity index (χ2n) is 6.21. The number of benzene rings is 2. The van der Waals surface area contributed by atoms with E-state index in [1.165, 1.54) is 6.07 Å². The first-order chi connectivity index (χ1) is 12.2. The largest absolute Gasteiger partial charge is 0.489 e. The summed E-state index contributed by atoms with van der Waals surface area (Å²) in [4.78, 5) is 2.25. The highest BCUT2D eigenvalue weighted by Crippen LogP contribution is 2.22. The Morgan fingerprint density at radius 1 is 1.16 bits per heavy atom. The van der Waals surface area contributed by atoms with E-state index >= 15 is 0 Å². The summed E-state index contributed by atoms with van der Waals surface area (Å²) < 4.78 is 24.7. The van der Waals surface area contributed by atoms with E-state index < -0.39 is 6.10 Å². The normalized spacial score (nSPS) is 19.5. The predicted octanol–water partition coefficient (Wildman–Crippen LogP) is 3.03. The van der Waals surface area contributed by atoms with Gasteiger partial charge in [0.25, 0.3) is 0 Å². The molecule has 2 unspecified atom stereocenters.